The first-order valence-electron chi connectivity index (χ1n) is 19.0. The summed E-state index contributed by atoms with van der Waals surface area (Å²) in [6.45, 7) is -0.145. The lowest BCUT2D eigenvalue weighted by molar-refractivity contribution is -0.141. The Bertz CT molecular complexity index is 2130. The van der Waals surface area contributed by atoms with Crippen LogP contribution in [0.15, 0.2) is 53.9 Å². The molecule has 57 heavy (non-hydrogen) atoms. The van der Waals surface area contributed by atoms with E-state index < -0.39 is 75.4 Å². The highest BCUT2D eigenvalue weighted by Crippen LogP contribution is 2.46. The van der Waals surface area contributed by atoms with Crippen molar-refractivity contribution in [2.45, 2.75) is 107 Å². The van der Waals surface area contributed by atoms with Crippen LogP contribution < -0.4 is 20.1 Å². The van der Waals surface area contributed by atoms with E-state index in [2.05, 4.69) is 10.6 Å². The lowest BCUT2D eigenvalue weighted by atomic mass is 10.0. The number of carbonyl (C=O) groups excluding carboxylic acids is 4. The number of aromatic nitrogens is 2. The van der Waals surface area contributed by atoms with Gasteiger partial charge in [0.1, 0.15) is 35.5 Å². The molecule has 3 fully saturated rings. The summed E-state index contributed by atoms with van der Waals surface area (Å²) in [4.78, 5) is 67.2. The molecule has 19 heteroatoms. The molecule has 5 atom stereocenters. The first-order valence-corrected chi connectivity index (χ1v) is 21.6. The number of thiophene rings is 1. The minimum atomic E-state index is -5.17. The monoisotopic (exact) mass is 832 g/mol. The van der Waals surface area contributed by atoms with Gasteiger partial charge in [0.05, 0.1) is 22.5 Å². The molecule has 2 aromatic heterocycles. The number of rotatable bonds is 8. The highest BCUT2D eigenvalue weighted by molar-refractivity contribution is 7.90. The Labute approximate surface area is 331 Å². The fourth-order valence-corrected chi connectivity index (χ4v) is 9.45. The van der Waals surface area contributed by atoms with Crippen molar-refractivity contribution >= 4 is 56.2 Å². The molecule has 3 N–H and O–H groups in total. The zero-order valence-corrected chi connectivity index (χ0v) is 32.5. The van der Waals surface area contributed by atoms with Crippen molar-refractivity contribution in [1.82, 2.24) is 30.2 Å². The number of amides is 4. The minimum absolute atomic E-state index is 0.0861. The van der Waals surface area contributed by atoms with Gasteiger partial charge in [-0.2, -0.15) is 13.2 Å². The minimum Gasteiger partial charge on any atom is -0.471 e. The van der Waals surface area contributed by atoms with E-state index in [1.807, 2.05) is 29.6 Å². The van der Waals surface area contributed by atoms with Crippen molar-refractivity contribution in [2.75, 3.05) is 12.3 Å². The van der Waals surface area contributed by atoms with Gasteiger partial charge >= 0.3 is 12.3 Å². The number of sulfonamides is 1. The number of nitrogens with zero attached hydrogens (tertiary/aromatic N) is 3. The number of alkyl halides is 3. The summed E-state index contributed by atoms with van der Waals surface area (Å²) in [7, 11) is -5.17. The molecule has 0 spiro atoms. The summed E-state index contributed by atoms with van der Waals surface area (Å²) in [6.07, 6.45) is 2.16. The van der Waals surface area contributed by atoms with E-state index in [1.165, 1.54) is 21.0 Å². The largest absolute Gasteiger partial charge is 0.471 e. The Hall–Kier alpha value is -4.78. The molecule has 3 aromatic rings. The predicted octanol–water partition coefficient (Wildman–Crippen LogP) is 5.15. The molecule has 0 radical (unpaired) electrons. The maximum Gasteiger partial charge on any atom is 0.408 e. The van der Waals surface area contributed by atoms with E-state index >= 15 is 0 Å². The molecule has 4 heterocycles. The lowest BCUT2D eigenvalue weighted by Gasteiger charge is -2.30. The zero-order chi connectivity index (χ0) is 40.4. The second kappa shape index (κ2) is 16.6. The average molecular weight is 833 g/mol. The normalized spacial score (nSPS) is 26.7. The number of nitrogens with one attached hydrogen (secondary N) is 3. The third kappa shape index (κ3) is 9.68. The van der Waals surface area contributed by atoms with E-state index in [0.717, 1.165) is 17.7 Å². The van der Waals surface area contributed by atoms with Gasteiger partial charge in [-0.1, -0.05) is 43.2 Å². The van der Waals surface area contributed by atoms with Crippen LogP contribution in [-0.2, 0) is 29.1 Å². The van der Waals surface area contributed by atoms with Crippen LogP contribution in [0.25, 0.3) is 21.6 Å². The second-order valence-corrected chi connectivity index (χ2v) is 17.6. The first kappa shape index (κ1) is 40.4. The van der Waals surface area contributed by atoms with E-state index in [4.69, 9.17) is 19.4 Å². The summed E-state index contributed by atoms with van der Waals surface area (Å²) >= 11 is 1.42. The number of para-hydroxylation sites is 2. The summed E-state index contributed by atoms with van der Waals surface area (Å²) < 4.78 is 77.7. The van der Waals surface area contributed by atoms with Crippen molar-refractivity contribution in [3.63, 3.8) is 0 Å². The molecule has 306 valence electrons. The van der Waals surface area contributed by atoms with Crippen LogP contribution in [-0.4, -0.2) is 95.4 Å². The molecule has 2 saturated carbocycles. The number of carbonyl (C=O) groups is 4. The molecular weight excluding hydrogens is 790 g/mol. The molecule has 0 bridgehead atoms. The van der Waals surface area contributed by atoms with Gasteiger partial charge in [-0.15, -0.1) is 11.3 Å². The molecule has 2 aliphatic carbocycles. The maximum atomic E-state index is 14.6. The Morgan fingerprint density at radius 1 is 0.982 bits per heavy atom. The van der Waals surface area contributed by atoms with Crippen LogP contribution >= 0.6 is 11.3 Å². The molecule has 4 amide bonds. The summed E-state index contributed by atoms with van der Waals surface area (Å²) in [5, 5.41) is 7.23. The lowest BCUT2D eigenvalue weighted by Crippen LogP contribution is -2.58. The van der Waals surface area contributed by atoms with Gasteiger partial charge in [0.2, 0.25) is 27.7 Å². The van der Waals surface area contributed by atoms with Gasteiger partial charge in [0, 0.05) is 12.3 Å². The summed E-state index contributed by atoms with van der Waals surface area (Å²) in [5.74, 6) is -5.62. The van der Waals surface area contributed by atoms with Crippen molar-refractivity contribution < 1.29 is 50.2 Å². The number of alkyl carbamates (subject to hydrolysis) is 1. The molecule has 0 unspecified atom stereocenters. The number of hydrogen-bond donors (Lipinski definition) is 3. The molecule has 1 saturated heterocycles. The Balaban J connectivity index is 1.20. The fraction of sp³-hybridized carbons (Fsp3) is 0.526. The van der Waals surface area contributed by atoms with Crippen LogP contribution in [0, 0.1) is 5.92 Å². The van der Waals surface area contributed by atoms with Gasteiger partial charge in [-0.05, 0) is 74.9 Å². The highest BCUT2D eigenvalue weighted by atomic mass is 32.2. The summed E-state index contributed by atoms with van der Waals surface area (Å²) in [5.41, 5.74) is -0.296. The van der Waals surface area contributed by atoms with Crippen molar-refractivity contribution in [1.29, 1.82) is 0 Å². The Morgan fingerprint density at radius 2 is 1.72 bits per heavy atom. The Kier molecular flexibility index (Phi) is 11.8. The third-order valence-corrected chi connectivity index (χ3v) is 12.8. The number of allylic oxidation sites excluding steroid dienone is 1. The van der Waals surface area contributed by atoms with Crippen molar-refractivity contribution in [3.8, 4) is 16.5 Å². The molecule has 7 rings (SSSR count). The van der Waals surface area contributed by atoms with Gasteiger partial charge in [0.15, 0.2) is 5.75 Å². The number of benzene rings is 1. The van der Waals surface area contributed by atoms with Gasteiger partial charge < -0.3 is 25.0 Å². The van der Waals surface area contributed by atoms with E-state index in [1.54, 1.807) is 24.3 Å². The molecule has 4 aliphatic rings. The standard InChI is InChI=1S/C38H43F3N6O8S2/c39-38(40,41)22-57(52,53)46-35(50)37-20-23(37)11-4-2-1-3-5-16-28(44-36(51)55-24-12-6-7-13-24)34(49)47-21-25(19-29(47)32(48)45-37)54-33-31(30-17-10-18-56-30)42-26-14-8-9-15-27(26)43-33/h4,8-11,14-15,17-18,23-25,28-29H,1-3,5-7,12-13,16,19-22H2,(H,44,51)(H,45,48)(H,46,50)/b11-4-/t23-,25-,28+,29+,37-/m1/s1. The maximum absolute atomic E-state index is 14.6. The van der Waals surface area contributed by atoms with E-state index in [9.17, 15) is 40.8 Å². The van der Waals surface area contributed by atoms with E-state index in [0.29, 0.717) is 55.3 Å². The summed E-state index contributed by atoms with van der Waals surface area (Å²) in [6, 6.07) is 8.52. The second-order valence-electron chi connectivity index (χ2n) is 15.0. The topological polar surface area (TPSA) is 186 Å². The average Bonchev–Trinajstić information content (AvgIpc) is 3.64. The van der Waals surface area contributed by atoms with Crippen molar-refractivity contribution in [2.24, 2.45) is 5.92 Å². The SMILES string of the molecule is O=C(N[C@H]1CCCCC/C=C\[C@@H]2C[C@@]2(C(=O)NS(=O)(=O)CC(F)(F)F)NC(=O)[C@@H]2C[C@@H](Oc3nc4ccccc4nc3-c3cccs3)CN2C1=O)OC1CCCC1. The molecule has 2 aliphatic heterocycles. The fourth-order valence-electron chi connectivity index (χ4n) is 7.78. The third-order valence-electron chi connectivity index (χ3n) is 10.7. The quantitative estimate of drug-likeness (QED) is 0.257. The van der Waals surface area contributed by atoms with Gasteiger partial charge in [-0.25, -0.2) is 23.2 Å². The first-order chi connectivity index (χ1) is 27.2. The van der Waals surface area contributed by atoms with Gasteiger partial charge in [0.25, 0.3) is 5.91 Å². The van der Waals surface area contributed by atoms with Crippen molar-refractivity contribution in [3.05, 3.63) is 53.9 Å². The van der Waals surface area contributed by atoms with Crippen LogP contribution in [0.5, 0.6) is 5.88 Å². The zero-order valence-electron chi connectivity index (χ0n) is 30.8. The molecular formula is C38H43F3N6O8S2. The predicted molar refractivity (Wildman–Crippen MR) is 202 cm³/mol. The molecule has 1 aromatic carbocycles. The molecule has 14 nitrogen and oxygen atoms in total. The van der Waals surface area contributed by atoms with Crippen LogP contribution in [0.1, 0.15) is 70.6 Å². The number of hydrogen-bond acceptors (Lipinski definition) is 11. The number of ether oxygens (including phenoxy) is 2. The Morgan fingerprint density at radius 3 is 2.44 bits per heavy atom. The van der Waals surface area contributed by atoms with Gasteiger partial charge in [-0.3, -0.25) is 19.1 Å². The van der Waals surface area contributed by atoms with Crippen LogP contribution in [0.2, 0.25) is 0 Å². The highest BCUT2D eigenvalue weighted by Gasteiger charge is 2.62. The van der Waals surface area contributed by atoms with E-state index in [-0.39, 0.29) is 37.8 Å². The number of fused-ring (bicyclic) bond motifs is 3. The smallest absolute Gasteiger partial charge is 0.408 e. The van der Waals surface area contributed by atoms with Crippen LogP contribution in [0.3, 0.4) is 0 Å². The number of halogens is 3. The van der Waals surface area contributed by atoms with Crippen LogP contribution in [0.4, 0.5) is 18.0 Å².